The van der Waals surface area contributed by atoms with Crippen molar-refractivity contribution in [3.8, 4) is 55.9 Å². The number of hydrogen-bond donors (Lipinski definition) is 0. The lowest BCUT2D eigenvalue weighted by Crippen LogP contribution is -1.95. The molecule has 0 spiro atoms. The smallest absolute Gasteiger partial charge is 0.0541 e. The minimum absolute atomic E-state index is 1.16. The minimum atomic E-state index is 1.16. The summed E-state index contributed by atoms with van der Waals surface area (Å²) in [6, 6.07) is 71.4. The van der Waals surface area contributed by atoms with Crippen LogP contribution in [0.25, 0.3) is 110 Å². The van der Waals surface area contributed by atoms with E-state index in [2.05, 4.69) is 203 Å². The second-order valence-electron chi connectivity index (χ2n) is 14.5. The van der Waals surface area contributed by atoms with Gasteiger partial charge in [-0.25, -0.2) is 0 Å². The van der Waals surface area contributed by atoms with Gasteiger partial charge in [-0.2, -0.15) is 0 Å². The summed E-state index contributed by atoms with van der Waals surface area (Å²) >= 11 is 0. The zero-order chi connectivity index (χ0) is 35.3. The highest BCUT2D eigenvalue weighted by molar-refractivity contribution is 6.19. The first kappa shape index (κ1) is 29.4. The maximum absolute atomic E-state index is 2.47. The van der Waals surface area contributed by atoms with E-state index in [9.17, 15) is 0 Å². The SMILES string of the molecule is c1ccc(-c2cccc(-n3c4ccccc4c4cc(-c5ccc6c(c5)c5ccccc5n6-c5ccc6c7c(cccc57)-c5ccccc5-6)ccc43)c2)cc1. The lowest BCUT2D eigenvalue weighted by atomic mass is 10.0. The van der Waals surface area contributed by atoms with Gasteiger partial charge in [-0.3, -0.25) is 0 Å². The Hall–Kier alpha value is -7.16. The van der Waals surface area contributed by atoms with Crippen LogP contribution in [0, 0.1) is 0 Å². The zero-order valence-corrected chi connectivity index (χ0v) is 29.4. The Kier molecular flexibility index (Phi) is 6.09. The van der Waals surface area contributed by atoms with Crippen LogP contribution in [0.15, 0.2) is 194 Å². The molecule has 0 N–H and O–H groups in total. The van der Waals surface area contributed by atoms with Gasteiger partial charge in [-0.1, -0.05) is 140 Å². The van der Waals surface area contributed by atoms with Gasteiger partial charge in [0.25, 0.3) is 0 Å². The van der Waals surface area contributed by atoms with Gasteiger partial charge in [0.15, 0.2) is 0 Å². The summed E-state index contributed by atoms with van der Waals surface area (Å²) in [4.78, 5) is 0. The second kappa shape index (κ2) is 11.2. The Morgan fingerprint density at radius 1 is 0.259 bits per heavy atom. The van der Waals surface area contributed by atoms with Gasteiger partial charge in [-0.05, 0) is 104 Å². The van der Waals surface area contributed by atoms with E-state index in [0.29, 0.717) is 0 Å². The van der Waals surface area contributed by atoms with Gasteiger partial charge in [0.1, 0.15) is 0 Å². The maximum atomic E-state index is 2.47. The molecule has 11 aromatic rings. The molecule has 9 aromatic carbocycles. The van der Waals surface area contributed by atoms with Crippen molar-refractivity contribution in [2.24, 2.45) is 0 Å². The monoisotopic (exact) mass is 684 g/mol. The number of hydrogen-bond acceptors (Lipinski definition) is 0. The summed E-state index contributed by atoms with van der Waals surface area (Å²) < 4.78 is 4.88. The molecule has 2 aromatic heterocycles. The predicted octanol–water partition coefficient (Wildman–Crippen LogP) is 14.0. The maximum Gasteiger partial charge on any atom is 0.0541 e. The van der Waals surface area contributed by atoms with Gasteiger partial charge >= 0.3 is 0 Å². The molecular formula is C52H32N2. The van der Waals surface area contributed by atoms with Crippen molar-refractivity contribution < 1.29 is 0 Å². The number of fused-ring (bicyclic) bond motifs is 9. The molecule has 0 bridgehead atoms. The summed E-state index contributed by atoms with van der Waals surface area (Å²) in [6.07, 6.45) is 0. The standard InChI is InChI=1S/C52H32N2/c1-2-12-33(13-3-1)34-14-10-15-37(30-34)53-47-22-8-6-18-40(47)45-31-35(24-27-50(45)53)36-25-28-51-46(32-36)41-19-7-9-23-48(41)54(51)49-29-26-43-39-17-5-4-16-38(39)42-20-11-21-44(49)52(42)43/h1-32H. The van der Waals surface area contributed by atoms with E-state index in [4.69, 9.17) is 0 Å². The Morgan fingerprint density at radius 2 is 0.759 bits per heavy atom. The number of para-hydroxylation sites is 2. The molecule has 0 saturated carbocycles. The Bertz CT molecular complexity index is 3290. The van der Waals surface area contributed by atoms with Crippen LogP contribution in [0.3, 0.4) is 0 Å². The summed E-state index contributed by atoms with van der Waals surface area (Å²) in [7, 11) is 0. The molecule has 2 heteroatoms. The van der Waals surface area contributed by atoms with Crippen LogP contribution < -0.4 is 0 Å². The van der Waals surface area contributed by atoms with E-state index >= 15 is 0 Å². The fourth-order valence-corrected chi connectivity index (χ4v) is 9.29. The molecule has 0 amide bonds. The molecule has 1 aliphatic rings. The lowest BCUT2D eigenvalue weighted by Gasteiger charge is -2.13. The third-order valence-electron chi connectivity index (χ3n) is 11.7. The summed E-state index contributed by atoms with van der Waals surface area (Å²) in [5.41, 5.74) is 17.4. The molecule has 0 fully saturated rings. The second-order valence-corrected chi connectivity index (χ2v) is 14.5. The third kappa shape index (κ3) is 4.11. The van der Waals surface area contributed by atoms with Crippen LogP contribution in [0.1, 0.15) is 0 Å². The normalized spacial score (nSPS) is 12.1. The number of benzene rings is 9. The molecule has 0 radical (unpaired) electrons. The molecule has 1 aliphatic carbocycles. The highest BCUT2D eigenvalue weighted by Gasteiger charge is 2.24. The fraction of sp³-hybridized carbons (Fsp3) is 0. The van der Waals surface area contributed by atoms with Crippen molar-refractivity contribution in [1.29, 1.82) is 0 Å². The average molecular weight is 685 g/mol. The molecule has 0 atom stereocenters. The number of aromatic nitrogens is 2. The fourth-order valence-electron chi connectivity index (χ4n) is 9.29. The van der Waals surface area contributed by atoms with E-state index in [-0.39, 0.29) is 0 Å². The van der Waals surface area contributed by atoms with E-state index in [1.807, 2.05) is 0 Å². The van der Waals surface area contributed by atoms with Crippen molar-refractivity contribution in [1.82, 2.24) is 9.13 Å². The van der Waals surface area contributed by atoms with E-state index in [1.54, 1.807) is 0 Å². The summed E-state index contributed by atoms with van der Waals surface area (Å²) in [6.45, 7) is 0. The number of rotatable bonds is 4. The molecule has 0 aliphatic heterocycles. The molecule has 0 saturated heterocycles. The van der Waals surface area contributed by atoms with Gasteiger partial charge in [-0.15, -0.1) is 0 Å². The Balaban J connectivity index is 1.03. The summed E-state index contributed by atoms with van der Waals surface area (Å²) in [5.74, 6) is 0. The molecule has 12 rings (SSSR count). The van der Waals surface area contributed by atoms with Crippen molar-refractivity contribution in [2.45, 2.75) is 0 Å². The number of nitrogens with zero attached hydrogens (tertiary/aromatic N) is 2. The van der Waals surface area contributed by atoms with Gasteiger partial charge < -0.3 is 9.13 Å². The molecule has 2 nitrogen and oxygen atoms in total. The first-order chi connectivity index (χ1) is 26.8. The minimum Gasteiger partial charge on any atom is -0.309 e. The van der Waals surface area contributed by atoms with Crippen molar-refractivity contribution in [3.63, 3.8) is 0 Å². The zero-order valence-electron chi connectivity index (χ0n) is 29.4. The molecule has 54 heavy (non-hydrogen) atoms. The van der Waals surface area contributed by atoms with Crippen LogP contribution >= 0.6 is 0 Å². The van der Waals surface area contributed by atoms with Crippen molar-refractivity contribution in [2.75, 3.05) is 0 Å². The van der Waals surface area contributed by atoms with Crippen molar-refractivity contribution >= 4 is 54.4 Å². The lowest BCUT2D eigenvalue weighted by molar-refractivity contribution is 1.18. The van der Waals surface area contributed by atoms with Crippen LogP contribution in [0.2, 0.25) is 0 Å². The first-order valence-electron chi connectivity index (χ1n) is 18.7. The Morgan fingerprint density at radius 3 is 1.48 bits per heavy atom. The summed E-state index contributed by atoms with van der Waals surface area (Å²) in [5, 5.41) is 7.66. The third-order valence-corrected chi connectivity index (χ3v) is 11.7. The van der Waals surface area contributed by atoms with E-state index in [1.165, 1.54) is 105 Å². The highest BCUT2D eigenvalue weighted by Crippen LogP contribution is 2.49. The van der Waals surface area contributed by atoms with Crippen LogP contribution in [-0.4, -0.2) is 9.13 Å². The van der Waals surface area contributed by atoms with Crippen LogP contribution in [0.5, 0.6) is 0 Å². The molecule has 0 unspecified atom stereocenters. The quantitative estimate of drug-likeness (QED) is 0.175. The Labute approximate surface area is 312 Å². The molecule has 2 heterocycles. The topological polar surface area (TPSA) is 9.86 Å². The average Bonchev–Trinajstić information content (AvgIpc) is 3.87. The highest BCUT2D eigenvalue weighted by atomic mass is 15.0. The largest absolute Gasteiger partial charge is 0.309 e. The van der Waals surface area contributed by atoms with Crippen LogP contribution in [0.4, 0.5) is 0 Å². The van der Waals surface area contributed by atoms with Gasteiger partial charge in [0.05, 0.1) is 27.8 Å². The molecular weight excluding hydrogens is 653 g/mol. The van der Waals surface area contributed by atoms with Crippen LogP contribution in [-0.2, 0) is 0 Å². The first-order valence-corrected chi connectivity index (χ1v) is 18.7. The van der Waals surface area contributed by atoms with E-state index in [0.717, 1.165) is 5.69 Å². The van der Waals surface area contributed by atoms with Gasteiger partial charge in [0.2, 0.25) is 0 Å². The van der Waals surface area contributed by atoms with E-state index < -0.39 is 0 Å². The van der Waals surface area contributed by atoms with Crippen molar-refractivity contribution in [3.05, 3.63) is 194 Å². The predicted molar refractivity (Wildman–Crippen MR) is 228 cm³/mol. The van der Waals surface area contributed by atoms with Gasteiger partial charge in [0, 0.05) is 32.6 Å². The molecule has 250 valence electrons.